The molecule has 0 fully saturated rings. The van der Waals surface area contributed by atoms with Crippen molar-refractivity contribution in [3.05, 3.63) is 12.2 Å². The monoisotopic (exact) mass is 457 g/mol. The van der Waals surface area contributed by atoms with Gasteiger partial charge in [-0.3, -0.25) is 0 Å². The van der Waals surface area contributed by atoms with Crippen LogP contribution in [0.15, 0.2) is 12.2 Å². The molecule has 0 rings (SSSR count). The highest BCUT2D eigenvalue weighted by molar-refractivity contribution is 4.81. The lowest BCUT2D eigenvalue weighted by Gasteiger charge is -2.19. The van der Waals surface area contributed by atoms with Crippen LogP contribution in [-0.2, 0) is 9.47 Å². The number of hydrogen-bond acceptors (Lipinski definition) is 5. The lowest BCUT2D eigenvalue weighted by molar-refractivity contribution is 0.0708. The minimum Gasteiger partial charge on any atom is -0.394 e. The Labute approximate surface area is 199 Å². The Hall–Kier alpha value is -0.460. The fourth-order valence-electron chi connectivity index (χ4n) is 3.81. The van der Waals surface area contributed by atoms with E-state index in [0.29, 0.717) is 32.5 Å². The van der Waals surface area contributed by atoms with E-state index in [0.717, 1.165) is 19.4 Å². The number of hydrogen-bond donors (Lipinski definition) is 3. The molecule has 0 aliphatic carbocycles. The van der Waals surface area contributed by atoms with E-state index in [2.05, 4.69) is 24.4 Å². The van der Waals surface area contributed by atoms with Gasteiger partial charge in [-0.2, -0.15) is 0 Å². The fourth-order valence-corrected chi connectivity index (χ4v) is 3.81. The van der Waals surface area contributed by atoms with Gasteiger partial charge in [0.15, 0.2) is 0 Å². The molecule has 0 unspecified atom stereocenters. The zero-order valence-corrected chi connectivity index (χ0v) is 21.2. The molecule has 0 heterocycles. The maximum atomic E-state index is 8.81. The van der Waals surface area contributed by atoms with Gasteiger partial charge in [0.1, 0.15) is 0 Å². The molecule has 0 aromatic rings. The molecule has 0 aromatic carbocycles. The van der Waals surface area contributed by atoms with E-state index >= 15 is 0 Å². The van der Waals surface area contributed by atoms with Gasteiger partial charge in [0.05, 0.1) is 26.4 Å². The summed E-state index contributed by atoms with van der Waals surface area (Å²) in [4.78, 5) is 0. The van der Waals surface area contributed by atoms with E-state index in [9.17, 15) is 0 Å². The normalized spacial score (nSPS) is 11.9. The summed E-state index contributed by atoms with van der Waals surface area (Å²) in [5, 5.41) is 21.2. The second kappa shape index (κ2) is 28.6. The molecule has 0 aliphatic rings. The third-order valence-corrected chi connectivity index (χ3v) is 5.81. The second-order valence-corrected chi connectivity index (χ2v) is 8.84. The Kier molecular flexibility index (Phi) is 28.2. The number of allylic oxidation sites excluding steroid dienone is 2. The van der Waals surface area contributed by atoms with Gasteiger partial charge in [-0.05, 0) is 51.5 Å². The Morgan fingerprint density at radius 1 is 0.625 bits per heavy atom. The van der Waals surface area contributed by atoms with Crippen molar-refractivity contribution in [1.29, 1.82) is 0 Å². The van der Waals surface area contributed by atoms with Crippen LogP contribution < -0.4 is 5.32 Å². The van der Waals surface area contributed by atoms with Crippen LogP contribution in [0.2, 0.25) is 0 Å². The predicted octanol–water partition coefficient (Wildman–Crippen LogP) is 5.78. The van der Waals surface area contributed by atoms with E-state index in [4.69, 9.17) is 19.7 Å². The van der Waals surface area contributed by atoms with Crippen molar-refractivity contribution in [3.8, 4) is 0 Å². The average molecular weight is 458 g/mol. The van der Waals surface area contributed by atoms with Crippen molar-refractivity contribution < 1.29 is 19.7 Å². The summed E-state index contributed by atoms with van der Waals surface area (Å²) in [6.07, 6.45) is 25.3. The Bertz CT molecular complexity index is 354. The molecule has 0 aromatic heterocycles. The fraction of sp³-hybridized carbons (Fsp3) is 0.926. The third-order valence-electron chi connectivity index (χ3n) is 5.81. The quantitative estimate of drug-likeness (QED) is 0.108. The first-order valence-corrected chi connectivity index (χ1v) is 13.6. The van der Waals surface area contributed by atoms with Crippen molar-refractivity contribution in [1.82, 2.24) is 5.32 Å². The molecule has 0 atom stereocenters. The highest BCUT2D eigenvalue weighted by Gasteiger charge is 2.08. The van der Waals surface area contributed by atoms with E-state index in [1.165, 1.54) is 89.9 Å². The number of unbranched alkanes of at least 4 members (excludes halogenated alkanes) is 12. The summed E-state index contributed by atoms with van der Waals surface area (Å²) in [7, 11) is 0. The molecule has 0 aliphatic heterocycles. The molecule has 0 saturated heterocycles. The summed E-state index contributed by atoms with van der Waals surface area (Å²) in [6, 6.07) is 0.371. The number of nitrogens with one attached hydrogen (secondary N) is 1. The second-order valence-electron chi connectivity index (χ2n) is 8.84. The first-order valence-electron chi connectivity index (χ1n) is 13.6. The zero-order valence-electron chi connectivity index (χ0n) is 21.2. The largest absolute Gasteiger partial charge is 0.394 e. The molecular formula is C27H55NO4. The Balaban J connectivity index is 3.51. The van der Waals surface area contributed by atoms with E-state index in [-0.39, 0.29) is 13.2 Å². The first-order chi connectivity index (χ1) is 15.8. The van der Waals surface area contributed by atoms with Crippen LogP contribution >= 0.6 is 0 Å². The minimum absolute atomic E-state index is 0.0766. The molecule has 5 heteroatoms. The van der Waals surface area contributed by atoms with Gasteiger partial charge in [0, 0.05) is 19.3 Å². The predicted molar refractivity (Wildman–Crippen MR) is 136 cm³/mol. The summed E-state index contributed by atoms with van der Waals surface area (Å²) in [6.45, 7) is 5.59. The molecule has 0 saturated carbocycles. The van der Waals surface area contributed by atoms with Gasteiger partial charge >= 0.3 is 0 Å². The van der Waals surface area contributed by atoms with Crippen molar-refractivity contribution in [3.63, 3.8) is 0 Å². The van der Waals surface area contributed by atoms with Gasteiger partial charge in [-0.25, -0.2) is 0 Å². The molecule has 5 nitrogen and oxygen atoms in total. The summed E-state index contributed by atoms with van der Waals surface area (Å²) < 4.78 is 10.8. The minimum atomic E-state index is 0.0766. The molecule has 3 N–H and O–H groups in total. The van der Waals surface area contributed by atoms with E-state index in [1.54, 1.807) is 0 Å². The maximum Gasteiger partial charge on any atom is 0.0697 e. The summed E-state index contributed by atoms with van der Waals surface area (Å²) >= 11 is 0. The number of ether oxygens (including phenoxy) is 2. The lowest BCUT2D eigenvalue weighted by atomic mass is 10.1. The van der Waals surface area contributed by atoms with Crippen molar-refractivity contribution >= 4 is 0 Å². The highest BCUT2D eigenvalue weighted by atomic mass is 16.5. The van der Waals surface area contributed by atoms with Crippen LogP contribution in [-0.4, -0.2) is 62.4 Å². The number of aliphatic hydroxyl groups excluding tert-OH is 2. The van der Waals surface area contributed by atoms with Gasteiger partial charge in [0.25, 0.3) is 0 Å². The summed E-state index contributed by atoms with van der Waals surface area (Å²) in [5.41, 5.74) is 0. The number of rotatable bonds is 27. The molecule has 0 spiro atoms. The van der Waals surface area contributed by atoms with Gasteiger partial charge in [0.2, 0.25) is 0 Å². The van der Waals surface area contributed by atoms with Gasteiger partial charge in [-0.1, -0.05) is 76.9 Å². The molecule has 192 valence electrons. The summed E-state index contributed by atoms with van der Waals surface area (Å²) in [5.74, 6) is 0. The van der Waals surface area contributed by atoms with Gasteiger partial charge < -0.3 is 25.0 Å². The average Bonchev–Trinajstić information content (AvgIpc) is 2.81. The Morgan fingerprint density at radius 2 is 1.09 bits per heavy atom. The van der Waals surface area contributed by atoms with Crippen molar-refractivity contribution in [2.45, 2.75) is 116 Å². The first kappa shape index (κ1) is 31.5. The lowest BCUT2D eigenvalue weighted by Crippen LogP contribution is -2.32. The molecular weight excluding hydrogens is 402 g/mol. The van der Waals surface area contributed by atoms with Gasteiger partial charge in [-0.15, -0.1) is 0 Å². The zero-order chi connectivity index (χ0) is 23.4. The van der Waals surface area contributed by atoms with Crippen molar-refractivity contribution in [2.75, 3.05) is 46.2 Å². The molecule has 0 bridgehead atoms. The van der Waals surface area contributed by atoms with E-state index < -0.39 is 0 Å². The van der Waals surface area contributed by atoms with Crippen LogP contribution in [0.1, 0.15) is 110 Å². The van der Waals surface area contributed by atoms with Crippen LogP contribution in [0.4, 0.5) is 0 Å². The van der Waals surface area contributed by atoms with Crippen molar-refractivity contribution in [2.24, 2.45) is 0 Å². The Morgan fingerprint density at radius 3 is 1.59 bits per heavy atom. The highest BCUT2D eigenvalue weighted by Crippen LogP contribution is 2.10. The molecule has 0 radical (unpaired) electrons. The smallest absolute Gasteiger partial charge is 0.0697 e. The maximum absolute atomic E-state index is 8.81. The SMILES string of the molecule is CCCCCCCC/C=C/CCCCCCCCNC(CCOCCO)CCOCCO. The third kappa shape index (κ3) is 25.8. The van der Waals surface area contributed by atoms with Crippen LogP contribution in [0.3, 0.4) is 0 Å². The van der Waals surface area contributed by atoms with E-state index in [1.807, 2.05) is 0 Å². The molecule has 0 amide bonds. The topological polar surface area (TPSA) is 71.0 Å². The molecule has 32 heavy (non-hydrogen) atoms. The van der Waals surface area contributed by atoms with Crippen LogP contribution in [0.5, 0.6) is 0 Å². The number of aliphatic hydroxyl groups is 2. The van der Waals surface area contributed by atoms with Crippen LogP contribution in [0, 0.1) is 0 Å². The van der Waals surface area contributed by atoms with Crippen LogP contribution in [0.25, 0.3) is 0 Å². The standard InChI is InChI=1S/C27H55NO4/c1-2-3-4-5-6-7-8-9-10-11-12-13-14-15-16-17-20-28-27(18-23-31-25-21-29)19-24-32-26-22-30/h9-10,27-30H,2-8,11-26H2,1H3/b10-9+.